The van der Waals surface area contributed by atoms with Gasteiger partial charge in [-0.1, -0.05) is 77.0 Å². The Balaban J connectivity index is 1.99. The molecule has 2 aromatic carbocycles. The number of allylic oxidation sites excluding steroid dienone is 1. The minimum absolute atomic E-state index is 0.0595. The van der Waals surface area contributed by atoms with Gasteiger partial charge in [-0.15, -0.1) is 5.10 Å². The molecule has 1 heterocycles. The third-order valence-electron chi connectivity index (χ3n) is 3.51. The Hall–Kier alpha value is -2.70. The highest BCUT2D eigenvalue weighted by Gasteiger charge is 2.25. The predicted molar refractivity (Wildman–Crippen MR) is 97.6 cm³/mol. The Kier molecular flexibility index (Phi) is 5.11. The maximum atomic E-state index is 11.3. The van der Waals surface area contributed by atoms with Crippen LogP contribution < -0.4 is 0 Å². The van der Waals surface area contributed by atoms with Crippen molar-refractivity contribution in [2.24, 2.45) is 0 Å². The molecular formula is C17H12Cl2N4O2. The van der Waals surface area contributed by atoms with E-state index in [4.69, 9.17) is 23.2 Å². The summed E-state index contributed by atoms with van der Waals surface area (Å²) < 4.78 is 1.48. The summed E-state index contributed by atoms with van der Waals surface area (Å²) in [6.45, 7) is 0.340. The van der Waals surface area contributed by atoms with Gasteiger partial charge in [0.25, 0.3) is 5.69 Å². The number of halogens is 2. The second kappa shape index (κ2) is 7.46. The Morgan fingerprint density at radius 3 is 2.60 bits per heavy atom. The van der Waals surface area contributed by atoms with Crippen molar-refractivity contribution < 1.29 is 4.92 Å². The highest BCUT2D eigenvalue weighted by Crippen LogP contribution is 2.38. The molecule has 0 radical (unpaired) electrons. The number of aromatic nitrogens is 3. The Morgan fingerprint density at radius 1 is 1.12 bits per heavy atom. The van der Waals surface area contributed by atoms with Gasteiger partial charge in [0.1, 0.15) is 5.69 Å². The summed E-state index contributed by atoms with van der Waals surface area (Å²) in [5.74, 6) is 0. The molecule has 1 aromatic heterocycles. The van der Waals surface area contributed by atoms with Crippen LogP contribution >= 0.6 is 23.2 Å². The van der Waals surface area contributed by atoms with E-state index in [-0.39, 0.29) is 21.4 Å². The zero-order valence-electron chi connectivity index (χ0n) is 12.8. The van der Waals surface area contributed by atoms with Gasteiger partial charge in [-0.05, 0) is 11.6 Å². The van der Waals surface area contributed by atoms with E-state index in [1.807, 2.05) is 42.5 Å². The van der Waals surface area contributed by atoms with Crippen LogP contribution in [0.25, 0.3) is 17.3 Å². The lowest BCUT2D eigenvalue weighted by atomic mass is 10.1. The van der Waals surface area contributed by atoms with Crippen LogP contribution in [0.4, 0.5) is 5.69 Å². The Bertz CT molecular complexity index is 939. The summed E-state index contributed by atoms with van der Waals surface area (Å²) in [6.07, 6.45) is 3.78. The van der Waals surface area contributed by atoms with Crippen LogP contribution in [-0.4, -0.2) is 19.9 Å². The first-order valence-corrected chi connectivity index (χ1v) is 8.07. The molecule has 0 saturated carbocycles. The van der Waals surface area contributed by atoms with Gasteiger partial charge < -0.3 is 0 Å². The summed E-state index contributed by atoms with van der Waals surface area (Å²) in [4.78, 5) is 10.8. The largest absolute Gasteiger partial charge is 0.280 e. The van der Waals surface area contributed by atoms with Crippen molar-refractivity contribution in [2.45, 2.75) is 6.54 Å². The first-order valence-electron chi connectivity index (χ1n) is 7.32. The van der Waals surface area contributed by atoms with Crippen molar-refractivity contribution in [1.29, 1.82) is 0 Å². The standard InChI is InChI=1S/C17H12Cl2N4O2/c18-13-9-4-10-14(23(24)25)15(13)16-17(19)20-21-22(16)11-5-8-12-6-2-1-3-7-12/h1-10H,11H2/b8-5+. The fourth-order valence-corrected chi connectivity index (χ4v) is 2.89. The highest BCUT2D eigenvalue weighted by atomic mass is 35.5. The monoisotopic (exact) mass is 374 g/mol. The lowest BCUT2D eigenvalue weighted by Crippen LogP contribution is -2.03. The first kappa shape index (κ1) is 17.1. The third-order valence-corrected chi connectivity index (χ3v) is 4.08. The summed E-state index contributed by atoms with van der Waals surface area (Å²) >= 11 is 12.3. The molecule has 6 nitrogen and oxygen atoms in total. The van der Waals surface area contributed by atoms with Gasteiger partial charge in [-0.2, -0.15) is 0 Å². The van der Waals surface area contributed by atoms with E-state index in [1.54, 1.807) is 6.07 Å². The van der Waals surface area contributed by atoms with Crippen LogP contribution in [0.1, 0.15) is 5.56 Å². The van der Waals surface area contributed by atoms with Gasteiger partial charge in [-0.25, -0.2) is 4.68 Å². The number of rotatable bonds is 5. The molecule has 0 amide bonds. The molecule has 0 aliphatic carbocycles. The van der Waals surface area contributed by atoms with Crippen LogP contribution in [0.3, 0.4) is 0 Å². The molecule has 0 aliphatic rings. The van der Waals surface area contributed by atoms with Crippen molar-refractivity contribution >= 4 is 35.0 Å². The first-order chi connectivity index (χ1) is 12.1. The number of hydrogen-bond donors (Lipinski definition) is 0. The molecule has 0 bridgehead atoms. The average molecular weight is 375 g/mol. The van der Waals surface area contributed by atoms with Gasteiger partial charge in [0.05, 0.1) is 22.1 Å². The highest BCUT2D eigenvalue weighted by molar-refractivity contribution is 6.36. The zero-order valence-corrected chi connectivity index (χ0v) is 14.4. The normalized spacial score (nSPS) is 11.1. The number of nitro benzene ring substituents is 1. The number of hydrogen-bond acceptors (Lipinski definition) is 4. The summed E-state index contributed by atoms with van der Waals surface area (Å²) in [5, 5.41) is 19.4. The van der Waals surface area contributed by atoms with E-state index in [2.05, 4.69) is 10.3 Å². The lowest BCUT2D eigenvalue weighted by Gasteiger charge is -2.07. The Morgan fingerprint density at radius 2 is 1.88 bits per heavy atom. The quantitative estimate of drug-likeness (QED) is 0.471. The van der Waals surface area contributed by atoms with Crippen LogP contribution in [0.15, 0.2) is 54.6 Å². The van der Waals surface area contributed by atoms with Crippen molar-refractivity contribution in [3.63, 3.8) is 0 Å². The average Bonchev–Trinajstić information content (AvgIpc) is 2.96. The molecule has 0 N–H and O–H groups in total. The van der Waals surface area contributed by atoms with E-state index >= 15 is 0 Å². The third kappa shape index (κ3) is 3.70. The van der Waals surface area contributed by atoms with Crippen molar-refractivity contribution in [3.05, 3.63) is 80.5 Å². The molecule has 126 valence electrons. The molecule has 8 heteroatoms. The number of nitrogens with zero attached hydrogens (tertiary/aromatic N) is 4. The molecule has 0 atom stereocenters. The summed E-state index contributed by atoms with van der Waals surface area (Å²) in [5.41, 5.74) is 1.40. The van der Waals surface area contributed by atoms with E-state index in [0.717, 1.165) is 5.56 Å². The fraction of sp³-hybridized carbons (Fsp3) is 0.0588. The van der Waals surface area contributed by atoms with Gasteiger partial charge in [0.15, 0.2) is 5.15 Å². The van der Waals surface area contributed by atoms with E-state index in [0.29, 0.717) is 12.2 Å². The topological polar surface area (TPSA) is 73.8 Å². The minimum atomic E-state index is -0.505. The van der Waals surface area contributed by atoms with Crippen LogP contribution in [0.5, 0.6) is 0 Å². The van der Waals surface area contributed by atoms with Crippen LogP contribution in [-0.2, 0) is 6.54 Å². The molecule has 0 spiro atoms. The molecule has 3 aromatic rings. The maximum absolute atomic E-state index is 11.3. The predicted octanol–water partition coefficient (Wildman–Crippen LogP) is 4.87. The van der Waals surface area contributed by atoms with E-state index in [9.17, 15) is 10.1 Å². The van der Waals surface area contributed by atoms with Crippen molar-refractivity contribution in [3.8, 4) is 11.3 Å². The summed E-state index contributed by atoms with van der Waals surface area (Å²) in [7, 11) is 0. The fourth-order valence-electron chi connectivity index (χ4n) is 2.40. The van der Waals surface area contributed by atoms with Crippen molar-refractivity contribution in [1.82, 2.24) is 15.0 Å². The molecule has 0 aliphatic heterocycles. The molecule has 0 saturated heterocycles. The second-order valence-corrected chi connectivity index (χ2v) is 5.88. The van der Waals surface area contributed by atoms with Crippen LogP contribution in [0, 0.1) is 10.1 Å². The van der Waals surface area contributed by atoms with Crippen molar-refractivity contribution in [2.75, 3.05) is 0 Å². The molecule has 3 rings (SSSR count). The van der Waals surface area contributed by atoms with E-state index < -0.39 is 4.92 Å². The maximum Gasteiger partial charge on any atom is 0.280 e. The smallest absolute Gasteiger partial charge is 0.258 e. The molecule has 0 fully saturated rings. The lowest BCUT2D eigenvalue weighted by molar-refractivity contribution is -0.384. The van der Waals surface area contributed by atoms with Gasteiger partial charge in [0, 0.05) is 6.07 Å². The molecular weight excluding hydrogens is 363 g/mol. The minimum Gasteiger partial charge on any atom is -0.258 e. The van der Waals surface area contributed by atoms with Gasteiger partial charge in [0.2, 0.25) is 0 Å². The number of nitro groups is 1. The molecule has 25 heavy (non-hydrogen) atoms. The zero-order chi connectivity index (χ0) is 17.8. The van der Waals surface area contributed by atoms with Gasteiger partial charge >= 0.3 is 0 Å². The number of benzene rings is 2. The SMILES string of the molecule is O=[N+]([O-])c1cccc(Cl)c1-c1c(Cl)nnn1C/C=C/c1ccccc1. The second-order valence-electron chi connectivity index (χ2n) is 5.12. The summed E-state index contributed by atoms with van der Waals surface area (Å²) in [6, 6.07) is 14.2. The van der Waals surface area contributed by atoms with Gasteiger partial charge in [-0.3, -0.25) is 10.1 Å². The molecule has 0 unspecified atom stereocenters. The Labute approximate surface area is 153 Å². The van der Waals surface area contributed by atoms with E-state index in [1.165, 1.54) is 16.8 Å². The van der Waals surface area contributed by atoms with Crippen LogP contribution in [0.2, 0.25) is 10.2 Å².